The predicted molar refractivity (Wildman–Crippen MR) is 81.7 cm³/mol. The number of hydrogen-bond donors (Lipinski definition) is 2. The van der Waals surface area contributed by atoms with Crippen LogP contribution in [0.5, 0.6) is 0 Å². The number of amides is 1. The maximum absolute atomic E-state index is 12.6. The van der Waals surface area contributed by atoms with E-state index in [0.29, 0.717) is 24.0 Å². The zero-order valence-corrected chi connectivity index (χ0v) is 12.5. The average Bonchev–Trinajstić information content (AvgIpc) is 2.91. The summed E-state index contributed by atoms with van der Waals surface area (Å²) in [5.41, 5.74) is 0.377. The van der Waals surface area contributed by atoms with Gasteiger partial charge in [0.2, 0.25) is 0 Å². The highest BCUT2D eigenvalue weighted by Crippen LogP contribution is 2.34. The van der Waals surface area contributed by atoms with Gasteiger partial charge in [0.15, 0.2) is 0 Å². The van der Waals surface area contributed by atoms with Crippen molar-refractivity contribution in [1.29, 1.82) is 0 Å². The van der Waals surface area contributed by atoms with E-state index >= 15 is 0 Å². The highest BCUT2D eigenvalue weighted by atomic mass is 16.4. The summed E-state index contributed by atoms with van der Waals surface area (Å²) in [6.45, 7) is 1.82. The molecule has 0 spiro atoms. The number of carboxylic acids is 1. The van der Waals surface area contributed by atoms with E-state index in [1.54, 1.807) is 6.07 Å². The van der Waals surface area contributed by atoms with Crippen molar-refractivity contribution in [3.63, 3.8) is 0 Å². The van der Waals surface area contributed by atoms with Gasteiger partial charge < -0.3 is 14.8 Å². The Kier molecular flexibility index (Phi) is 3.64. The molecule has 1 fully saturated rings. The van der Waals surface area contributed by atoms with Crippen LogP contribution < -0.4 is 5.32 Å². The first-order chi connectivity index (χ1) is 10.5. The Morgan fingerprint density at radius 1 is 1.32 bits per heavy atom. The molecule has 1 aliphatic rings. The zero-order chi connectivity index (χ0) is 15.7. The van der Waals surface area contributed by atoms with Gasteiger partial charge in [-0.15, -0.1) is 0 Å². The van der Waals surface area contributed by atoms with Crippen molar-refractivity contribution in [2.45, 2.75) is 38.1 Å². The SMILES string of the molecule is CC1(NC(=O)c2coc3ccccc23)CCCCC1C(=O)O. The van der Waals surface area contributed by atoms with Crippen molar-refractivity contribution >= 4 is 22.8 Å². The lowest BCUT2D eigenvalue weighted by molar-refractivity contribution is -0.145. The van der Waals surface area contributed by atoms with Crippen LogP contribution in [0.1, 0.15) is 43.0 Å². The molecule has 5 nitrogen and oxygen atoms in total. The molecule has 1 aliphatic carbocycles. The van der Waals surface area contributed by atoms with Crippen LogP contribution in [0.25, 0.3) is 11.0 Å². The molecule has 2 unspecified atom stereocenters. The van der Waals surface area contributed by atoms with Gasteiger partial charge in [0.1, 0.15) is 11.8 Å². The maximum atomic E-state index is 12.6. The second-order valence-electron chi connectivity index (χ2n) is 6.15. The fraction of sp³-hybridized carbons (Fsp3) is 0.412. The van der Waals surface area contributed by atoms with Gasteiger partial charge in [0.25, 0.3) is 5.91 Å². The maximum Gasteiger partial charge on any atom is 0.308 e. The summed E-state index contributed by atoms with van der Waals surface area (Å²) in [5.74, 6) is -1.68. The molecule has 1 aromatic carbocycles. The van der Waals surface area contributed by atoms with E-state index < -0.39 is 17.4 Å². The lowest BCUT2D eigenvalue weighted by Crippen LogP contribution is -2.55. The molecule has 116 valence electrons. The molecule has 5 heteroatoms. The largest absolute Gasteiger partial charge is 0.481 e. The number of aliphatic carboxylic acids is 1. The topological polar surface area (TPSA) is 79.5 Å². The van der Waals surface area contributed by atoms with Gasteiger partial charge in [0, 0.05) is 5.39 Å². The van der Waals surface area contributed by atoms with Crippen LogP contribution in [-0.2, 0) is 4.79 Å². The summed E-state index contributed by atoms with van der Waals surface area (Å²) in [4.78, 5) is 24.1. The number of carboxylic acid groups (broad SMARTS) is 1. The van der Waals surface area contributed by atoms with Crippen molar-refractivity contribution in [3.05, 3.63) is 36.1 Å². The molecule has 1 heterocycles. The first-order valence-corrected chi connectivity index (χ1v) is 7.53. The van der Waals surface area contributed by atoms with E-state index in [9.17, 15) is 14.7 Å². The van der Waals surface area contributed by atoms with Crippen LogP contribution in [0.3, 0.4) is 0 Å². The Morgan fingerprint density at radius 2 is 2.09 bits per heavy atom. The van der Waals surface area contributed by atoms with Crippen molar-refractivity contribution in [2.24, 2.45) is 5.92 Å². The van der Waals surface area contributed by atoms with Crippen LogP contribution in [0.2, 0.25) is 0 Å². The average molecular weight is 301 g/mol. The second kappa shape index (κ2) is 5.48. The van der Waals surface area contributed by atoms with Crippen LogP contribution >= 0.6 is 0 Å². The number of para-hydroxylation sites is 1. The molecular formula is C17H19NO4. The molecule has 0 bridgehead atoms. The third kappa shape index (κ3) is 2.47. The summed E-state index contributed by atoms with van der Waals surface area (Å²) in [7, 11) is 0. The fourth-order valence-corrected chi connectivity index (χ4v) is 3.36. The molecule has 0 radical (unpaired) electrons. The number of benzene rings is 1. The number of nitrogens with one attached hydrogen (secondary N) is 1. The van der Waals surface area contributed by atoms with E-state index in [0.717, 1.165) is 18.2 Å². The van der Waals surface area contributed by atoms with Gasteiger partial charge in [-0.05, 0) is 25.8 Å². The van der Waals surface area contributed by atoms with Gasteiger partial charge in [0.05, 0.1) is 17.0 Å². The Morgan fingerprint density at radius 3 is 2.86 bits per heavy atom. The van der Waals surface area contributed by atoms with Crippen molar-refractivity contribution in [3.8, 4) is 0 Å². The highest BCUT2D eigenvalue weighted by molar-refractivity contribution is 6.06. The number of fused-ring (bicyclic) bond motifs is 1. The van der Waals surface area contributed by atoms with Gasteiger partial charge >= 0.3 is 5.97 Å². The first-order valence-electron chi connectivity index (χ1n) is 7.53. The summed E-state index contributed by atoms with van der Waals surface area (Å²) >= 11 is 0. The summed E-state index contributed by atoms with van der Waals surface area (Å²) in [6, 6.07) is 7.31. The van der Waals surface area contributed by atoms with Crippen LogP contribution in [0.15, 0.2) is 34.9 Å². The van der Waals surface area contributed by atoms with Crippen molar-refractivity contribution < 1.29 is 19.1 Å². The van der Waals surface area contributed by atoms with Gasteiger partial charge in [-0.1, -0.05) is 31.0 Å². The molecule has 1 amide bonds. The van der Waals surface area contributed by atoms with Crippen molar-refractivity contribution in [1.82, 2.24) is 5.32 Å². The molecule has 1 aromatic heterocycles. The molecule has 0 aliphatic heterocycles. The molecule has 0 saturated heterocycles. The summed E-state index contributed by atoms with van der Waals surface area (Å²) in [5, 5.41) is 13.1. The van der Waals surface area contributed by atoms with Crippen molar-refractivity contribution in [2.75, 3.05) is 0 Å². The Hall–Kier alpha value is -2.30. The Balaban J connectivity index is 1.88. The lowest BCUT2D eigenvalue weighted by Gasteiger charge is -2.39. The minimum Gasteiger partial charge on any atom is -0.481 e. The van der Waals surface area contributed by atoms with E-state index in [1.807, 2.05) is 25.1 Å². The fourth-order valence-electron chi connectivity index (χ4n) is 3.36. The minimum atomic E-state index is -0.848. The van der Waals surface area contributed by atoms with E-state index in [4.69, 9.17) is 4.42 Å². The van der Waals surface area contributed by atoms with Crippen LogP contribution in [-0.4, -0.2) is 22.5 Å². The van der Waals surface area contributed by atoms with E-state index in [-0.39, 0.29) is 5.91 Å². The molecular weight excluding hydrogens is 282 g/mol. The predicted octanol–water partition coefficient (Wildman–Crippen LogP) is 3.20. The third-order valence-corrected chi connectivity index (χ3v) is 4.63. The summed E-state index contributed by atoms with van der Waals surface area (Å²) < 4.78 is 5.39. The number of carbonyl (C=O) groups is 2. The molecule has 22 heavy (non-hydrogen) atoms. The normalized spacial score (nSPS) is 25.0. The third-order valence-electron chi connectivity index (χ3n) is 4.63. The van der Waals surface area contributed by atoms with Crippen LogP contribution in [0.4, 0.5) is 0 Å². The molecule has 2 N–H and O–H groups in total. The quantitative estimate of drug-likeness (QED) is 0.912. The molecule has 1 saturated carbocycles. The van der Waals surface area contributed by atoms with E-state index in [1.165, 1.54) is 6.26 Å². The number of hydrogen-bond acceptors (Lipinski definition) is 3. The Bertz CT molecular complexity index is 720. The molecule has 3 rings (SSSR count). The first kappa shape index (κ1) is 14.6. The second-order valence-corrected chi connectivity index (χ2v) is 6.15. The smallest absolute Gasteiger partial charge is 0.308 e. The highest BCUT2D eigenvalue weighted by Gasteiger charge is 2.42. The van der Waals surface area contributed by atoms with Gasteiger partial charge in [-0.25, -0.2) is 0 Å². The number of furan rings is 1. The number of carbonyl (C=O) groups excluding carboxylic acids is 1. The van der Waals surface area contributed by atoms with Gasteiger partial charge in [-0.2, -0.15) is 0 Å². The lowest BCUT2D eigenvalue weighted by atomic mass is 9.73. The Labute approximate surface area is 128 Å². The van der Waals surface area contributed by atoms with Crippen LogP contribution in [0, 0.1) is 5.92 Å². The number of rotatable bonds is 3. The molecule has 2 atom stereocenters. The summed E-state index contributed by atoms with van der Waals surface area (Å²) in [6.07, 6.45) is 4.51. The zero-order valence-electron chi connectivity index (χ0n) is 12.5. The minimum absolute atomic E-state index is 0.277. The van der Waals surface area contributed by atoms with Gasteiger partial charge in [-0.3, -0.25) is 9.59 Å². The van der Waals surface area contributed by atoms with E-state index in [2.05, 4.69) is 5.32 Å². The molecule has 2 aromatic rings. The monoisotopic (exact) mass is 301 g/mol. The standard InChI is InChI=1S/C17H19NO4/c1-17(9-5-4-7-13(17)16(20)21)18-15(19)12-10-22-14-8-3-2-6-11(12)14/h2-3,6,8,10,13H,4-5,7,9H2,1H3,(H,18,19)(H,20,21).